The van der Waals surface area contributed by atoms with Gasteiger partial charge in [0.1, 0.15) is 12.9 Å². The van der Waals surface area contributed by atoms with E-state index in [2.05, 4.69) is 4.18 Å². The fraction of sp³-hybridized carbons (Fsp3) is 0.500. The van der Waals surface area contributed by atoms with E-state index in [0.717, 1.165) is 6.42 Å². The Morgan fingerprint density at radius 2 is 1.91 bits per heavy atom. The van der Waals surface area contributed by atoms with Crippen LogP contribution in [0, 0.1) is 5.41 Å². The van der Waals surface area contributed by atoms with Gasteiger partial charge in [0, 0.05) is 12.3 Å². The van der Waals surface area contributed by atoms with Gasteiger partial charge in [-0.1, -0.05) is 24.3 Å². The maximum Gasteiger partial charge on any atom is 0.534 e. The van der Waals surface area contributed by atoms with Crippen LogP contribution in [0.4, 0.5) is 13.2 Å². The summed E-state index contributed by atoms with van der Waals surface area (Å²) in [5, 5.41) is 0. The molecule has 23 heavy (non-hydrogen) atoms. The van der Waals surface area contributed by atoms with E-state index in [9.17, 15) is 26.4 Å². The van der Waals surface area contributed by atoms with E-state index in [4.69, 9.17) is 4.74 Å². The summed E-state index contributed by atoms with van der Waals surface area (Å²) in [7, 11) is -5.62. The van der Waals surface area contributed by atoms with Gasteiger partial charge in [0.2, 0.25) is 0 Å². The van der Waals surface area contributed by atoms with Crippen LogP contribution >= 0.6 is 0 Å². The van der Waals surface area contributed by atoms with Crippen molar-refractivity contribution >= 4 is 16.1 Å². The number of hydrogen-bond donors (Lipinski definition) is 0. The number of alkyl halides is 3. The Balaban J connectivity index is 2.58. The van der Waals surface area contributed by atoms with Crippen LogP contribution in [0.2, 0.25) is 0 Å². The highest BCUT2D eigenvalue weighted by atomic mass is 32.2. The quantitative estimate of drug-likeness (QED) is 0.231. The second kappa shape index (κ2) is 7.67. The average molecular weight is 354 g/mol. The first-order valence-electron chi connectivity index (χ1n) is 6.71. The lowest BCUT2D eigenvalue weighted by Crippen LogP contribution is -2.25. The summed E-state index contributed by atoms with van der Waals surface area (Å²) in [6.45, 7) is 1.38. The molecule has 0 aromatic heterocycles. The molecule has 0 saturated carbocycles. The number of allylic oxidation sites excluding steroid dienone is 3. The van der Waals surface area contributed by atoms with Gasteiger partial charge in [-0.25, -0.2) is 0 Å². The van der Waals surface area contributed by atoms with E-state index in [1.807, 2.05) is 24.3 Å². The van der Waals surface area contributed by atoms with Crippen LogP contribution in [-0.4, -0.2) is 26.5 Å². The number of esters is 1. The minimum absolute atomic E-state index is 0.102. The standard InChI is InChI=1S/C14H17F3O5S/c1-12(18)21-11-13(7-3-2-4-8-13)9-5-6-10-22-23(19,20)14(15,16)17/h3-4,6-8,10H,2,5,9,11H2,1H3/b10-6-. The monoisotopic (exact) mass is 354 g/mol. The maximum absolute atomic E-state index is 12.1. The summed E-state index contributed by atoms with van der Waals surface area (Å²) in [5.74, 6) is -0.438. The summed E-state index contributed by atoms with van der Waals surface area (Å²) in [5.41, 5.74) is -6.01. The Morgan fingerprint density at radius 3 is 2.43 bits per heavy atom. The van der Waals surface area contributed by atoms with Gasteiger partial charge in [0.05, 0.1) is 0 Å². The van der Waals surface area contributed by atoms with Gasteiger partial charge in [-0.3, -0.25) is 4.79 Å². The van der Waals surface area contributed by atoms with Crippen LogP contribution in [0.5, 0.6) is 0 Å². The Hall–Kier alpha value is -1.77. The molecular weight excluding hydrogens is 337 g/mol. The second-order valence-electron chi connectivity index (χ2n) is 4.96. The van der Waals surface area contributed by atoms with Gasteiger partial charge in [0.25, 0.3) is 0 Å². The molecule has 5 nitrogen and oxygen atoms in total. The predicted molar refractivity (Wildman–Crippen MR) is 76.4 cm³/mol. The summed E-state index contributed by atoms with van der Waals surface area (Å²) >= 11 is 0. The Kier molecular flexibility index (Phi) is 6.43. The van der Waals surface area contributed by atoms with E-state index >= 15 is 0 Å². The molecular formula is C14H17F3O5S. The highest BCUT2D eigenvalue weighted by Crippen LogP contribution is 2.32. The van der Waals surface area contributed by atoms with Gasteiger partial charge in [-0.05, 0) is 25.3 Å². The molecule has 0 radical (unpaired) electrons. The Labute approximate surface area is 132 Å². The summed E-state index contributed by atoms with van der Waals surface area (Å²) in [6.07, 6.45) is 10.6. The van der Waals surface area contributed by atoms with Crippen molar-refractivity contribution in [2.75, 3.05) is 6.61 Å². The number of rotatable bonds is 7. The van der Waals surface area contributed by atoms with Crippen molar-refractivity contribution in [1.29, 1.82) is 0 Å². The van der Waals surface area contributed by atoms with E-state index < -0.39 is 27.0 Å². The Morgan fingerprint density at radius 1 is 1.30 bits per heavy atom. The molecule has 0 bridgehead atoms. The van der Waals surface area contributed by atoms with Gasteiger partial charge < -0.3 is 8.92 Å². The molecule has 0 N–H and O–H groups in total. The van der Waals surface area contributed by atoms with E-state index in [1.165, 1.54) is 13.0 Å². The van der Waals surface area contributed by atoms with Crippen LogP contribution < -0.4 is 0 Å². The zero-order chi connectivity index (χ0) is 17.6. The van der Waals surface area contributed by atoms with Crippen molar-refractivity contribution in [3.63, 3.8) is 0 Å². The van der Waals surface area contributed by atoms with Crippen LogP contribution in [0.3, 0.4) is 0 Å². The fourth-order valence-corrected chi connectivity index (χ4v) is 2.23. The highest BCUT2D eigenvalue weighted by molar-refractivity contribution is 7.87. The number of ether oxygens (including phenoxy) is 1. The van der Waals surface area contributed by atoms with Gasteiger partial charge in [-0.2, -0.15) is 21.6 Å². The number of halogens is 3. The van der Waals surface area contributed by atoms with Gasteiger partial charge in [-0.15, -0.1) is 0 Å². The molecule has 0 aromatic carbocycles. The van der Waals surface area contributed by atoms with Crippen molar-refractivity contribution in [2.45, 2.75) is 31.7 Å². The highest BCUT2D eigenvalue weighted by Gasteiger charge is 2.47. The number of carbonyl (C=O) groups excluding carboxylic acids is 1. The minimum Gasteiger partial charge on any atom is -0.465 e. The molecule has 0 fully saturated rings. The molecule has 0 aromatic rings. The molecule has 0 amide bonds. The van der Waals surface area contributed by atoms with Crippen molar-refractivity contribution in [1.82, 2.24) is 0 Å². The van der Waals surface area contributed by atoms with Crippen LogP contribution in [-0.2, 0) is 23.8 Å². The van der Waals surface area contributed by atoms with Crippen LogP contribution in [0.15, 0.2) is 36.6 Å². The SMILES string of the molecule is CC(=O)OCC1(CC/C=C\OS(=O)(=O)C(F)(F)F)C=CCC=C1. The summed E-state index contributed by atoms with van der Waals surface area (Å²) in [4.78, 5) is 10.9. The van der Waals surface area contributed by atoms with E-state index in [-0.39, 0.29) is 13.0 Å². The molecule has 0 unspecified atom stereocenters. The molecule has 0 aliphatic heterocycles. The van der Waals surface area contributed by atoms with Crippen molar-refractivity contribution in [3.8, 4) is 0 Å². The van der Waals surface area contributed by atoms with E-state index in [1.54, 1.807) is 0 Å². The molecule has 0 spiro atoms. The van der Waals surface area contributed by atoms with Crippen molar-refractivity contribution in [3.05, 3.63) is 36.6 Å². The molecule has 0 saturated heterocycles. The summed E-state index contributed by atoms with van der Waals surface area (Å²) in [6, 6.07) is 0. The third-order valence-electron chi connectivity index (χ3n) is 3.05. The lowest BCUT2D eigenvalue weighted by atomic mass is 9.80. The molecule has 1 aliphatic carbocycles. The number of carbonyl (C=O) groups is 1. The summed E-state index contributed by atoms with van der Waals surface area (Å²) < 4.78 is 66.3. The average Bonchev–Trinajstić information content (AvgIpc) is 2.45. The minimum atomic E-state index is -5.62. The molecule has 1 aliphatic rings. The van der Waals surface area contributed by atoms with Gasteiger partial charge in [0.15, 0.2) is 0 Å². The third kappa shape index (κ3) is 6.09. The van der Waals surface area contributed by atoms with Crippen LogP contribution in [0.25, 0.3) is 0 Å². The molecule has 1 rings (SSSR count). The lowest BCUT2D eigenvalue weighted by Gasteiger charge is -2.28. The molecule has 0 atom stereocenters. The number of hydrogen-bond acceptors (Lipinski definition) is 5. The molecule has 0 heterocycles. The Bertz CT molecular complexity index is 590. The fourth-order valence-electron chi connectivity index (χ4n) is 1.90. The zero-order valence-electron chi connectivity index (χ0n) is 12.4. The normalized spacial score (nSPS) is 17.4. The lowest BCUT2D eigenvalue weighted by molar-refractivity contribution is -0.143. The molecule has 130 valence electrons. The van der Waals surface area contributed by atoms with Crippen molar-refractivity contribution in [2.24, 2.45) is 5.41 Å². The first kappa shape index (κ1) is 19.3. The first-order chi connectivity index (χ1) is 10.6. The van der Waals surface area contributed by atoms with Crippen molar-refractivity contribution < 1.29 is 35.3 Å². The second-order valence-corrected chi connectivity index (χ2v) is 6.52. The predicted octanol–water partition coefficient (Wildman–Crippen LogP) is 3.21. The first-order valence-corrected chi connectivity index (χ1v) is 8.12. The zero-order valence-corrected chi connectivity index (χ0v) is 13.2. The van der Waals surface area contributed by atoms with Gasteiger partial charge >= 0.3 is 21.6 Å². The molecule has 9 heteroatoms. The smallest absolute Gasteiger partial charge is 0.465 e. The van der Waals surface area contributed by atoms with Crippen LogP contribution in [0.1, 0.15) is 26.2 Å². The maximum atomic E-state index is 12.1. The third-order valence-corrected chi connectivity index (χ3v) is 3.99. The topological polar surface area (TPSA) is 69.7 Å². The largest absolute Gasteiger partial charge is 0.534 e. The van der Waals surface area contributed by atoms with E-state index in [0.29, 0.717) is 12.7 Å².